The molecule has 0 bridgehead atoms. The van der Waals surface area contributed by atoms with Crippen LogP contribution in [0.2, 0.25) is 0 Å². The summed E-state index contributed by atoms with van der Waals surface area (Å²) in [6.07, 6.45) is 0. The summed E-state index contributed by atoms with van der Waals surface area (Å²) in [6, 6.07) is 0. The Kier molecular flexibility index (Phi) is 2.41. The van der Waals surface area contributed by atoms with Crippen LogP contribution in [0.25, 0.3) is 0 Å². The zero-order chi connectivity index (χ0) is 12.2. The van der Waals surface area contributed by atoms with Gasteiger partial charge in [0.15, 0.2) is 11.6 Å². The molecule has 2 rings (SSSR count). The summed E-state index contributed by atoms with van der Waals surface area (Å²) in [5.74, 6) is -4.08. The van der Waals surface area contributed by atoms with Crippen LogP contribution in [0.1, 0.15) is 41.5 Å². The topological polar surface area (TPSA) is 55.4 Å². The molecule has 2 aliphatic rings. The van der Waals surface area contributed by atoms with Gasteiger partial charge in [0.05, 0.1) is 0 Å². The van der Waals surface area contributed by atoms with Gasteiger partial charge in [-0.05, 0) is 41.5 Å². The maximum absolute atomic E-state index is 5.64. The van der Waals surface area contributed by atoms with Crippen LogP contribution in [-0.4, -0.2) is 23.1 Å². The zero-order valence-electron chi connectivity index (χ0n) is 10.4. The Morgan fingerprint density at radius 3 is 1.00 bits per heavy atom. The van der Waals surface area contributed by atoms with E-state index < -0.39 is 23.1 Å². The number of rotatable bonds is 1. The molecule has 0 amide bonds. The van der Waals surface area contributed by atoms with Crippen molar-refractivity contribution in [3.63, 3.8) is 0 Å². The van der Waals surface area contributed by atoms with Crippen molar-refractivity contribution in [3.05, 3.63) is 0 Å². The summed E-state index contributed by atoms with van der Waals surface area (Å²) in [5, 5.41) is 0. The average molecular weight is 234 g/mol. The first-order chi connectivity index (χ1) is 7.08. The van der Waals surface area contributed by atoms with E-state index in [1.54, 1.807) is 41.5 Å². The number of hydrogen-bond acceptors (Lipinski definition) is 6. The SMILES string of the molecule is CC1(C)OOC(C)(C2(C)OOC(C)(C)O2)O1. The van der Waals surface area contributed by atoms with E-state index in [2.05, 4.69) is 0 Å². The van der Waals surface area contributed by atoms with Crippen LogP contribution >= 0.6 is 0 Å². The Labute approximate surface area is 94.6 Å². The quantitative estimate of drug-likeness (QED) is 0.645. The molecule has 6 heteroatoms. The molecule has 2 fully saturated rings. The lowest BCUT2D eigenvalue weighted by Crippen LogP contribution is -2.53. The molecule has 0 spiro atoms. The second kappa shape index (κ2) is 3.16. The summed E-state index contributed by atoms with van der Waals surface area (Å²) in [6.45, 7) is 10.3. The van der Waals surface area contributed by atoms with Gasteiger partial charge >= 0.3 is 0 Å². The van der Waals surface area contributed by atoms with Crippen molar-refractivity contribution < 1.29 is 29.0 Å². The Bertz CT molecular complexity index is 272. The summed E-state index contributed by atoms with van der Waals surface area (Å²) < 4.78 is 11.3. The summed E-state index contributed by atoms with van der Waals surface area (Å²) in [4.78, 5) is 20.5. The Hall–Kier alpha value is -0.240. The molecule has 0 aliphatic carbocycles. The largest absolute Gasteiger partial charge is 0.308 e. The molecule has 94 valence electrons. The predicted octanol–water partition coefficient (Wildman–Crippen LogP) is 1.85. The molecule has 0 radical (unpaired) electrons. The van der Waals surface area contributed by atoms with E-state index in [0.717, 1.165) is 0 Å². The van der Waals surface area contributed by atoms with Crippen molar-refractivity contribution in [1.29, 1.82) is 0 Å². The minimum absolute atomic E-state index is 0.850. The maximum atomic E-state index is 5.64. The van der Waals surface area contributed by atoms with Crippen molar-refractivity contribution in [3.8, 4) is 0 Å². The highest BCUT2D eigenvalue weighted by Crippen LogP contribution is 2.47. The number of hydrogen-bond donors (Lipinski definition) is 0. The summed E-state index contributed by atoms with van der Waals surface area (Å²) >= 11 is 0. The normalized spacial score (nSPS) is 46.1. The molecule has 0 aromatic rings. The van der Waals surface area contributed by atoms with Gasteiger partial charge in [0.2, 0.25) is 0 Å². The molecule has 16 heavy (non-hydrogen) atoms. The third kappa shape index (κ3) is 1.85. The first-order valence-corrected chi connectivity index (χ1v) is 5.22. The molecule has 2 saturated heterocycles. The van der Waals surface area contributed by atoms with Gasteiger partial charge in [-0.15, -0.1) is 0 Å². The van der Waals surface area contributed by atoms with Crippen LogP contribution in [0.5, 0.6) is 0 Å². The van der Waals surface area contributed by atoms with Crippen LogP contribution in [0.3, 0.4) is 0 Å². The lowest BCUT2D eigenvalue weighted by molar-refractivity contribution is -0.436. The minimum Gasteiger partial charge on any atom is -0.308 e. The van der Waals surface area contributed by atoms with E-state index in [9.17, 15) is 0 Å². The predicted molar refractivity (Wildman–Crippen MR) is 51.5 cm³/mol. The summed E-state index contributed by atoms with van der Waals surface area (Å²) in [7, 11) is 0. The van der Waals surface area contributed by atoms with Gasteiger partial charge < -0.3 is 9.47 Å². The molecule has 2 aliphatic heterocycles. The third-order valence-corrected chi connectivity index (χ3v) is 2.51. The molecule has 2 unspecified atom stereocenters. The van der Waals surface area contributed by atoms with Crippen LogP contribution < -0.4 is 0 Å². The second-order valence-corrected chi connectivity index (χ2v) is 5.23. The smallest absolute Gasteiger partial charge is 0.258 e. The fourth-order valence-electron chi connectivity index (χ4n) is 1.70. The molecule has 0 aromatic heterocycles. The van der Waals surface area contributed by atoms with Gasteiger partial charge in [0.25, 0.3) is 11.6 Å². The second-order valence-electron chi connectivity index (χ2n) is 5.23. The van der Waals surface area contributed by atoms with Crippen LogP contribution in [0.4, 0.5) is 0 Å². The van der Waals surface area contributed by atoms with Crippen molar-refractivity contribution >= 4 is 0 Å². The summed E-state index contributed by atoms with van der Waals surface area (Å²) in [5.41, 5.74) is 0. The molecule has 0 N–H and O–H groups in total. The zero-order valence-corrected chi connectivity index (χ0v) is 10.4. The molecule has 6 nitrogen and oxygen atoms in total. The molecular weight excluding hydrogens is 216 g/mol. The Morgan fingerprint density at radius 2 is 0.812 bits per heavy atom. The highest BCUT2D eigenvalue weighted by molar-refractivity contribution is 4.87. The first kappa shape index (κ1) is 12.2. The van der Waals surface area contributed by atoms with Gasteiger partial charge in [-0.2, -0.15) is 19.6 Å². The first-order valence-electron chi connectivity index (χ1n) is 5.22. The van der Waals surface area contributed by atoms with Crippen molar-refractivity contribution in [2.24, 2.45) is 0 Å². The third-order valence-electron chi connectivity index (χ3n) is 2.51. The fraction of sp³-hybridized carbons (Fsp3) is 1.00. The van der Waals surface area contributed by atoms with E-state index >= 15 is 0 Å². The fourth-order valence-corrected chi connectivity index (χ4v) is 1.70. The van der Waals surface area contributed by atoms with Gasteiger partial charge in [-0.1, -0.05) is 0 Å². The van der Waals surface area contributed by atoms with Gasteiger partial charge in [-0.25, -0.2) is 0 Å². The monoisotopic (exact) mass is 234 g/mol. The molecule has 2 heterocycles. The van der Waals surface area contributed by atoms with Gasteiger partial charge in [0.1, 0.15) is 0 Å². The van der Waals surface area contributed by atoms with Crippen molar-refractivity contribution in [2.75, 3.05) is 0 Å². The van der Waals surface area contributed by atoms with Crippen LogP contribution in [0.15, 0.2) is 0 Å². The molecule has 0 saturated carbocycles. The van der Waals surface area contributed by atoms with Crippen molar-refractivity contribution in [1.82, 2.24) is 0 Å². The highest BCUT2D eigenvalue weighted by atomic mass is 17.3. The van der Waals surface area contributed by atoms with E-state index in [-0.39, 0.29) is 0 Å². The molecule has 0 aromatic carbocycles. The van der Waals surface area contributed by atoms with E-state index in [4.69, 9.17) is 29.0 Å². The lowest BCUT2D eigenvalue weighted by Gasteiger charge is -2.34. The van der Waals surface area contributed by atoms with Crippen LogP contribution in [0, 0.1) is 0 Å². The standard InChI is InChI=1S/C10H18O6/c1-7(2)11-9(5,15-13-7)10(6)12-8(3,4)14-16-10/h1-6H3. The highest BCUT2D eigenvalue weighted by Gasteiger charge is 2.64. The van der Waals surface area contributed by atoms with E-state index in [1.165, 1.54) is 0 Å². The molecular formula is C10H18O6. The average Bonchev–Trinajstić information content (AvgIpc) is 2.53. The van der Waals surface area contributed by atoms with Gasteiger partial charge in [0, 0.05) is 0 Å². The Morgan fingerprint density at radius 1 is 0.500 bits per heavy atom. The maximum Gasteiger partial charge on any atom is 0.258 e. The number of ether oxygens (including phenoxy) is 2. The lowest BCUT2D eigenvalue weighted by atomic mass is 10.1. The van der Waals surface area contributed by atoms with E-state index in [0.29, 0.717) is 0 Å². The van der Waals surface area contributed by atoms with Gasteiger partial charge in [-0.3, -0.25) is 0 Å². The Balaban J connectivity index is 2.19. The van der Waals surface area contributed by atoms with Crippen LogP contribution in [-0.2, 0) is 29.0 Å². The molecule has 2 atom stereocenters. The van der Waals surface area contributed by atoms with E-state index in [1.807, 2.05) is 0 Å². The van der Waals surface area contributed by atoms with Crippen molar-refractivity contribution in [2.45, 2.75) is 64.7 Å². The minimum atomic E-state index is -1.19.